The Kier molecular flexibility index (Phi) is 4.51. The molecule has 3 heterocycles. The van der Waals surface area contributed by atoms with Gasteiger partial charge in [0.25, 0.3) is 5.91 Å². The molecule has 0 bridgehead atoms. The molecule has 2 aromatic rings. The summed E-state index contributed by atoms with van der Waals surface area (Å²) in [4.78, 5) is 15.1. The third kappa shape index (κ3) is 3.33. The Balaban J connectivity index is 1.49. The fraction of sp³-hybridized carbons (Fsp3) is 0.320. The van der Waals surface area contributed by atoms with Gasteiger partial charge in [-0.2, -0.15) is 0 Å². The maximum atomic E-state index is 13.8. The lowest BCUT2D eigenvalue weighted by atomic mass is 9.91. The van der Waals surface area contributed by atoms with Crippen LogP contribution in [0.1, 0.15) is 43.4 Å². The topological polar surface area (TPSA) is 41.6 Å². The summed E-state index contributed by atoms with van der Waals surface area (Å²) in [6.45, 7) is 7.31. The SMILES string of the molecule is CC1(C)O/C(=C2/C(=O)Nc3ccc(F)cc32)C=C1c1ccc(CN2CCCC2)cc1. The molecule has 154 valence electrons. The molecule has 0 saturated carbocycles. The van der Waals surface area contributed by atoms with Gasteiger partial charge in [-0.05, 0) is 75.2 Å². The second kappa shape index (κ2) is 7.10. The minimum absolute atomic E-state index is 0.264. The van der Waals surface area contributed by atoms with Crippen LogP contribution < -0.4 is 5.32 Å². The molecule has 0 spiro atoms. The van der Waals surface area contributed by atoms with E-state index in [1.807, 2.05) is 19.9 Å². The summed E-state index contributed by atoms with van der Waals surface area (Å²) in [5.41, 5.74) is 4.33. The molecule has 0 atom stereocenters. The molecule has 0 aliphatic carbocycles. The highest BCUT2D eigenvalue weighted by atomic mass is 19.1. The van der Waals surface area contributed by atoms with Crippen molar-refractivity contribution >= 4 is 22.7 Å². The predicted molar refractivity (Wildman–Crippen MR) is 116 cm³/mol. The molecule has 1 fully saturated rings. The molecule has 0 aromatic heterocycles. The summed E-state index contributed by atoms with van der Waals surface area (Å²) >= 11 is 0. The first-order chi connectivity index (χ1) is 14.4. The highest BCUT2D eigenvalue weighted by Gasteiger charge is 2.38. The Bertz CT molecular complexity index is 1080. The first-order valence-electron chi connectivity index (χ1n) is 10.5. The predicted octanol–water partition coefficient (Wildman–Crippen LogP) is 4.98. The van der Waals surface area contributed by atoms with Gasteiger partial charge in [0.15, 0.2) is 0 Å². The zero-order valence-corrected chi connectivity index (χ0v) is 17.3. The number of nitrogens with one attached hydrogen (secondary N) is 1. The van der Waals surface area contributed by atoms with Crippen molar-refractivity contribution in [2.24, 2.45) is 0 Å². The van der Waals surface area contributed by atoms with Crippen LogP contribution in [0.3, 0.4) is 0 Å². The van der Waals surface area contributed by atoms with E-state index in [9.17, 15) is 9.18 Å². The summed E-state index contributed by atoms with van der Waals surface area (Å²) in [5.74, 6) is -0.156. The maximum absolute atomic E-state index is 13.8. The fourth-order valence-electron chi connectivity index (χ4n) is 4.59. The quantitative estimate of drug-likeness (QED) is 0.734. The van der Waals surface area contributed by atoms with E-state index in [1.54, 1.807) is 6.07 Å². The summed E-state index contributed by atoms with van der Waals surface area (Å²) < 4.78 is 20.0. The first kappa shape index (κ1) is 19.1. The number of halogens is 1. The largest absolute Gasteiger partial charge is 0.482 e. The molecule has 1 N–H and O–H groups in total. The zero-order chi connectivity index (χ0) is 20.9. The van der Waals surface area contributed by atoms with Crippen molar-refractivity contribution in [1.82, 2.24) is 4.90 Å². The molecule has 0 unspecified atom stereocenters. The van der Waals surface area contributed by atoms with Crippen LogP contribution in [0.4, 0.5) is 10.1 Å². The van der Waals surface area contributed by atoms with Crippen LogP contribution in [0.15, 0.2) is 54.3 Å². The molecule has 3 aliphatic rings. The van der Waals surface area contributed by atoms with E-state index in [0.29, 0.717) is 22.6 Å². The minimum Gasteiger partial charge on any atom is -0.482 e. The number of benzene rings is 2. The number of hydrogen-bond acceptors (Lipinski definition) is 3. The monoisotopic (exact) mass is 404 g/mol. The lowest BCUT2D eigenvalue weighted by Gasteiger charge is -2.24. The highest BCUT2D eigenvalue weighted by Crippen LogP contribution is 2.44. The molecular formula is C25H25FN2O2. The molecule has 2 aromatic carbocycles. The van der Waals surface area contributed by atoms with Gasteiger partial charge in [-0.1, -0.05) is 24.3 Å². The lowest BCUT2D eigenvalue weighted by Crippen LogP contribution is -2.21. The number of carbonyl (C=O) groups excluding carboxylic acids is 1. The smallest absolute Gasteiger partial charge is 0.260 e. The normalized spacial score (nSPS) is 22.6. The zero-order valence-electron chi connectivity index (χ0n) is 17.3. The number of nitrogens with zero attached hydrogens (tertiary/aromatic N) is 1. The van der Waals surface area contributed by atoms with Gasteiger partial charge < -0.3 is 10.1 Å². The van der Waals surface area contributed by atoms with Crippen LogP contribution in [0.2, 0.25) is 0 Å². The van der Waals surface area contributed by atoms with Gasteiger partial charge in [-0.25, -0.2) is 4.39 Å². The Hall–Kier alpha value is -2.92. The number of anilines is 1. The van der Waals surface area contributed by atoms with Crippen molar-refractivity contribution in [2.75, 3.05) is 18.4 Å². The number of rotatable bonds is 3. The minimum atomic E-state index is -0.588. The van der Waals surface area contributed by atoms with Gasteiger partial charge in [0.1, 0.15) is 17.2 Å². The number of ether oxygens (including phenoxy) is 1. The van der Waals surface area contributed by atoms with E-state index in [0.717, 1.165) is 17.7 Å². The molecule has 0 radical (unpaired) electrons. The number of hydrogen-bond donors (Lipinski definition) is 1. The number of fused-ring (bicyclic) bond motifs is 1. The number of amides is 1. The summed E-state index contributed by atoms with van der Waals surface area (Å²) in [6.07, 6.45) is 4.49. The third-order valence-electron chi connectivity index (χ3n) is 6.13. The summed E-state index contributed by atoms with van der Waals surface area (Å²) in [5, 5.41) is 2.80. The van der Waals surface area contributed by atoms with Crippen LogP contribution in [0.5, 0.6) is 0 Å². The van der Waals surface area contributed by atoms with Crippen molar-refractivity contribution in [3.63, 3.8) is 0 Å². The average Bonchev–Trinajstić information content (AvgIpc) is 3.39. The molecule has 5 rings (SSSR count). The van der Waals surface area contributed by atoms with Gasteiger partial charge in [0, 0.05) is 23.4 Å². The van der Waals surface area contributed by atoms with Gasteiger partial charge >= 0.3 is 0 Å². The standard InChI is InChI=1S/C25H25FN2O2/c1-25(2)20(17-7-5-16(6-8-17)15-28-11-3-4-12-28)14-22(30-25)23-19-13-18(26)9-10-21(19)27-24(23)29/h5-10,13-14H,3-4,11-12,15H2,1-2H3,(H,27,29)/b23-22+. The molecule has 4 nitrogen and oxygen atoms in total. The van der Waals surface area contributed by atoms with E-state index >= 15 is 0 Å². The van der Waals surface area contributed by atoms with Crippen molar-refractivity contribution in [1.29, 1.82) is 0 Å². The van der Waals surface area contributed by atoms with Crippen molar-refractivity contribution < 1.29 is 13.9 Å². The van der Waals surface area contributed by atoms with Gasteiger partial charge in [0.05, 0.1) is 5.57 Å². The third-order valence-corrected chi connectivity index (χ3v) is 6.13. The molecule has 5 heteroatoms. The number of carbonyl (C=O) groups is 1. The summed E-state index contributed by atoms with van der Waals surface area (Å²) in [7, 11) is 0. The van der Waals surface area contributed by atoms with E-state index in [2.05, 4.69) is 34.5 Å². The first-order valence-corrected chi connectivity index (χ1v) is 10.5. The van der Waals surface area contributed by atoms with Crippen LogP contribution in [0.25, 0.3) is 11.1 Å². The Morgan fingerprint density at radius 2 is 1.83 bits per heavy atom. The van der Waals surface area contributed by atoms with Gasteiger partial charge in [0.2, 0.25) is 0 Å². The van der Waals surface area contributed by atoms with E-state index in [1.165, 1.54) is 43.6 Å². The van der Waals surface area contributed by atoms with Crippen LogP contribution in [0, 0.1) is 5.82 Å². The molecule has 1 saturated heterocycles. The van der Waals surface area contributed by atoms with Crippen molar-refractivity contribution in [2.45, 2.75) is 38.8 Å². The summed E-state index contributed by atoms with van der Waals surface area (Å²) in [6, 6.07) is 12.9. The second-order valence-corrected chi connectivity index (χ2v) is 8.73. The number of likely N-dealkylation sites (tertiary alicyclic amines) is 1. The molecule has 30 heavy (non-hydrogen) atoms. The Morgan fingerprint density at radius 3 is 2.57 bits per heavy atom. The maximum Gasteiger partial charge on any atom is 0.260 e. The number of allylic oxidation sites excluding steroid dienone is 1. The van der Waals surface area contributed by atoms with Crippen LogP contribution in [-0.2, 0) is 16.1 Å². The second-order valence-electron chi connectivity index (χ2n) is 8.73. The average molecular weight is 404 g/mol. The highest BCUT2D eigenvalue weighted by molar-refractivity contribution is 6.32. The Morgan fingerprint density at radius 1 is 1.10 bits per heavy atom. The molecular weight excluding hydrogens is 379 g/mol. The van der Waals surface area contributed by atoms with E-state index in [4.69, 9.17) is 4.74 Å². The van der Waals surface area contributed by atoms with Crippen molar-refractivity contribution in [3.05, 3.63) is 76.8 Å². The Labute approximate surface area is 176 Å². The lowest BCUT2D eigenvalue weighted by molar-refractivity contribution is -0.111. The molecule has 1 amide bonds. The van der Waals surface area contributed by atoms with Crippen LogP contribution >= 0.6 is 0 Å². The molecule has 3 aliphatic heterocycles. The van der Waals surface area contributed by atoms with Gasteiger partial charge in [-0.15, -0.1) is 0 Å². The van der Waals surface area contributed by atoms with Crippen LogP contribution in [-0.4, -0.2) is 29.5 Å². The van der Waals surface area contributed by atoms with E-state index in [-0.39, 0.29) is 11.7 Å². The van der Waals surface area contributed by atoms with Crippen molar-refractivity contribution in [3.8, 4) is 0 Å². The van der Waals surface area contributed by atoms with E-state index < -0.39 is 5.60 Å². The fourth-order valence-corrected chi connectivity index (χ4v) is 4.59. The van der Waals surface area contributed by atoms with Gasteiger partial charge in [-0.3, -0.25) is 9.69 Å².